The third-order valence-corrected chi connectivity index (χ3v) is 2.21. The fraction of sp³-hybridized carbons (Fsp3) is 0. The van der Waals surface area contributed by atoms with E-state index >= 15 is 0 Å². The molecule has 0 aliphatic heterocycles. The first-order chi connectivity index (χ1) is 7.11. The van der Waals surface area contributed by atoms with Gasteiger partial charge in [-0.25, -0.2) is 4.79 Å². The summed E-state index contributed by atoms with van der Waals surface area (Å²) in [6.07, 6.45) is 0. The van der Waals surface area contributed by atoms with Gasteiger partial charge in [0, 0.05) is 0 Å². The Morgan fingerprint density at radius 2 is 1.80 bits per heavy atom. The van der Waals surface area contributed by atoms with Gasteiger partial charge in [-0.3, -0.25) is 0 Å². The van der Waals surface area contributed by atoms with Crippen LogP contribution in [-0.2, 0) is 0 Å². The fourth-order valence-electron chi connectivity index (χ4n) is 1.51. The number of rotatable bonds is 1. The number of phenolic OH excluding ortho intramolecular Hbond substituents is 1. The Bertz CT molecular complexity index is 546. The molecule has 0 aliphatic rings. The molecule has 0 bridgehead atoms. The topological polar surface area (TPSA) is 80.6 Å². The first kappa shape index (κ1) is 9.33. The van der Waals surface area contributed by atoms with Gasteiger partial charge in [-0.1, -0.05) is 30.0 Å². The zero-order valence-corrected chi connectivity index (χ0v) is 7.60. The van der Waals surface area contributed by atoms with Crippen molar-refractivity contribution in [3.63, 3.8) is 0 Å². The second-order valence-electron chi connectivity index (χ2n) is 3.12. The van der Waals surface area contributed by atoms with Crippen molar-refractivity contribution in [3.05, 3.63) is 35.9 Å². The average Bonchev–Trinajstić information content (AvgIpc) is 2.23. The van der Waals surface area contributed by atoms with Gasteiger partial charge in [0.05, 0.1) is 5.56 Å². The lowest BCUT2D eigenvalue weighted by molar-refractivity contribution is -0.267. The van der Waals surface area contributed by atoms with Gasteiger partial charge in [-0.05, 0) is 16.8 Å². The summed E-state index contributed by atoms with van der Waals surface area (Å²) >= 11 is 0. The molecule has 76 valence electrons. The molecule has 0 fully saturated rings. The van der Waals surface area contributed by atoms with Crippen LogP contribution in [0.1, 0.15) is 10.4 Å². The summed E-state index contributed by atoms with van der Waals surface area (Å²) in [5, 5.41) is 30.2. The molecule has 2 N–H and O–H groups in total. The molecule has 4 nitrogen and oxygen atoms in total. The van der Waals surface area contributed by atoms with Crippen molar-refractivity contribution in [2.24, 2.45) is 0 Å². The van der Waals surface area contributed by atoms with E-state index in [0.717, 1.165) is 6.07 Å². The second-order valence-corrected chi connectivity index (χ2v) is 3.12. The van der Waals surface area contributed by atoms with E-state index in [9.17, 15) is 15.0 Å². The Morgan fingerprint density at radius 3 is 2.40 bits per heavy atom. The number of phenols is 1. The summed E-state index contributed by atoms with van der Waals surface area (Å²) in [5.41, 5.74) is -0.0669. The van der Waals surface area contributed by atoms with E-state index in [-0.39, 0.29) is 10.9 Å². The van der Waals surface area contributed by atoms with Crippen molar-refractivity contribution in [2.45, 2.75) is 0 Å². The van der Waals surface area contributed by atoms with Crippen LogP contribution in [0.5, 0.6) is 11.5 Å². The molecule has 2 aromatic rings. The zero-order valence-electron chi connectivity index (χ0n) is 7.60. The van der Waals surface area contributed by atoms with Gasteiger partial charge < -0.3 is 15.3 Å². The van der Waals surface area contributed by atoms with Gasteiger partial charge in [0.2, 0.25) is 0 Å². The van der Waals surface area contributed by atoms with Crippen LogP contribution in [0.15, 0.2) is 30.3 Å². The van der Waals surface area contributed by atoms with Crippen LogP contribution in [0.2, 0.25) is 0 Å². The van der Waals surface area contributed by atoms with E-state index in [0.29, 0.717) is 5.39 Å². The normalized spacial score (nSPS) is 10.4. The van der Waals surface area contributed by atoms with Crippen molar-refractivity contribution in [3.8, 4) is 11.5 Å². The van der Waals surface area contributed by atoms with Crippen LogP contribution < -0.4 is 5.11 Å². The summed E-state index contributed by atoms with van der Waals surface area (Å²) < 4.78 is 0. The maximum atomic E-state index is 11.5. The molecule has 0 heterocycles. The molecular formula is C11H7O4-. The Balaban J connectivity index is 2.94. The van der Waals surface area contributed by atoms with Gasteiger partial charge in [-0.15, -0.1) is 0 Å². The van der Waals surface area contributed by atoms with Crippen molar-refractivity contribution >= 4 is 16.7 Å². The Labute approximate surface area is 85.0 Å². The number of aromatic hydroxyl groups is 1. The molecular weight excluding hydrogens is 196 g/mol. The second kappa shape index (κ2) is 3.16. The molecule has 0 aromatic heterocycles. The number of carboxylic acid groups (broad SMARTS) is 1. The standard InChI is InChI=1S/C11H8O4/c12-9-5-8(11(14)15)6-3-1-2-4-7(6)10(9)13/h1-5,12-13H,(H,14,15)/p-1. The molecule has 2 aromatic carbocycles. The minimum Gasteiger partial charge on any atom is -0.870 e. The predicted molar refractivity (Wildman–Crippen MR) is 52.0 cm³/mol. The minimum absolute atomic E-state index is 0.0669. The third-order valence-electron chi connectivity index (χ3n) is 2.21. The summed E-state index contributed by atoms with van der Waals surface area (Å²) in [6.45, 7) is 0. The van der Waals surface area contributed by atoms with Crippen LogP contribution >= 0.6 is 0 Å². The predicted octanol–water partition coefficient (Wildman–Crippen LogP) is 1.32. The van der Waals surface area contributed by atoms with E-state index in [1.807, 2.05) is 0 Å². The van der Waals surface area contributed by atoms with Crippen molar-refractivity contribution in [2.75, 3.05) is 0 Å². The summed E-state index contributed by atoms with van der Waals surface area (Å²) in [5.74, 6) is -2.25. The van der Waals surface area contributed by atoms with Gasteiger partial charge in [0.15, 0.2) is 0 Å². The lowest BCUT2D eigenvalue weighted by Crippen LogP contribution is -2.00. The fourth-order valence-corrected chi connectivity index (χ4v) is 1.51. The number of hydrogen-bond acceptors (Lipinski definition) is 3. The van der Waals surface area contributed by atoms with Crippen molar-refractivity contribution < 1.29 is 20.1 Å². The average molecular weight is 203 g/mol. The molecule has 0 aliphatic carbocycles. The molecule has 0 amide bonds. The maximum absolute atomic E-state index is 11.5. The first-order valence-corrected chi connectivity index (χ1v) is 4.26. The van der Waals surface area contributed by atoms with Crippen LogP contribution in [0.4, 0.5) is 0 Å². The van der Waals surface area contributed by atoms with Crippen LogP contribution in [0, 0.1) is 0 Å². The molecule has 0 spiro atoms. The van der Waals surface area contributed by atoms with E-state index in [1.54, 1.807) is 18.2 Å². The summed E-state index contributed by atoms with van der Waals surface area (Å²) in [4.78, 5) is 10.9. The number of carboxylic acids is 1. The number of carbonyl (C=O) groups is 1. The molecule has 4 heteroatoms. The number of fused-ring (bicyclic) bond motifs is 1. The lowest BCUT2D eigenvalue weighted by Gasteiger charge is -2.14. The lowest BCUT2D eigenvalue weighted by atomic mass is 10.0. The van der Waals surface area contributed by atoms with Crippen molar-refractivity contribution in [1.82, 2.24) is 0 Å². The number of aromatic carboxylic acids is 1. The van der Waals surface area contributed by atoms with Crippen LogP contribution in [-0.4, -0.2) is 16.2 Å². The zero-order chi connectivity index (χ0) is 11.0. The van der Waals surface area contributed by atoms with E-state index in [2.05, 4.69) is 0 Å². The van der Waals surface area contributed by atoms with Gasteiger partial charge >= 0.3 is 5.97 Å². The van der Waals surface area contributed by atoms with Crippen molar-refractivity contribution in [1.29, 1.82) is 0 Å². The third kappa shape index (κ3) is 1.36. The minimum atomic E-state index is -1.17. The molecule has 0 saturated carbocycles. The first-order valence-electron chi connectivity index (χ1n) is 4.26. The highest BCUT2D eigenvalue weighted by Gasteiger charge is 2.10. The van der Waals surface area contributed by atoms with Crippen LogP contribution in [0.3, 0.4) is 0 Å². The highest BCUT2D eigenvalue weighted by Crippen LogP contribution is 2.33. The molecule has 2 rings (SSSR count). The van der Waals surface area contributed by atoms with E-state index in [4.69, 9.17) is 5.11 Å². The monoisotopic (exact) mass is 203 g/mol. The largest absolute Gasteiger partial charge is 0.870 e. The maximum Gasteiger partial charge on any atom is 0.336 e. The number of benzene rings is 2. The molecule has 0 radical (unpaired) electrons. The molecule has 0 atom stereocenters. The van der Waals surface area contributed by atoms with Gasteiger partial charge in [0.25, 0.3) is 0 Å². The highest BCUT2D eigenvalue weighted by atomic mass is 16.4. The quantitative estimate of drug-likeness (QED) is 0.732. The molecule has 15 heavy (non-hydrogen) atoms. The van der Waals surface area contributed by atoms with E-state index in [1.165, 1.54) is 6.07 Å². The van der Waals surface area contributed by atoms with Crippen LogP contribution in [0.25, 0.3) is 10.8 Å². The molecule has 0 unspecified atom stereocenters. The Morgan fingerprint density at radius 1 is 1.20 bits per heavy atom. The smallest absolute Gasteiger partial charge is 0.336 e. The van der Waals surface area contributed by atoms with Gasteiger partial charge in [-0.2, -0.15) is 0 Å². The SMILES string of the molecule is O=C(O)c1cc(O)c([O-])c2ccccc12. The molecule has 0 saturated heterocycles. The summed E-state index contributed by atoms with van der Waals surface area (Å²) in [6, 6.07) is 7.27. The summed E-state index contributed by atoms with van der Waals surface area (Å²) in [7, 11) is 0. The van der Waals surface area contributed by atoms with Gasteiger partial charge in [0.1, 0.15) is 5.75 Å². The Kier molecular flexibility index (Phi) is 1.97. The van der Waals surface area contributed by atoms with E-state index < -0.39 is 17.5 Å². The Hall–Kier alpha value is -2.23. The highest BCUT2D eigenvalue weighted by molar-refractivity contribution is 6.06. The number of hydrogen-bond donors (Lipinski definition) is 2.